The molecule has 3 heterocycles. The maximum atomic E-state index is 13.5. The largest absolute Gasteiger partial charge is 0.486 e. The minimum absolute atomic E-state index is 0.150. The molecule has 2 aliphatic rings. The van der Waals surface area contributed by atoms with Gasteiger partial charge in [0.2, 0.25) is 5.91 Å². The third-order valence-corrected chi connectivity index (χ3v) is 6.69. The molecule has 2 aromatic carbocycles. The summed E-state index contributed by atoms with van der Waals surface area (Å²) in [6, 6.07) is 11.6. The number of ether oxygens (including phenoxy) is 2. The summed E-state index contributed by atoms with van der Waals surface area (Å²) in [7, 11) is 0. The molecule has 5 rings (SSSR count). The number of hydrogen-bond donors (Lipinski definition) is 1. The fourth-order valence-electron chi connectivity index (χ4n) is 4.11. The Labute approximate surface area is 201 Å². The van der Waals surface area contributed by atoms with Crippen molar-refractivity contribution in [2.45, 2.75) is 31.0 Å². The van der Waals surface area contributed by atoms with Crippen LogP contribution in [0.25, 0.3) is 5.69 Å². The van der Waals surface area contributed by atoms with E-state index in [1.165, 1.54) is 43.2 Å². The first-order valence-corrected chi connectivity index (χ1v) is 12.4. The Morgan fingerprint density at radius 2 is 1.76 bits per heavy atom. The highest BCUT2D eigenvalue weighted by Crippen LogP contribution is 2.32. The van der Waals surface area contributed by atoms with Crippen LogP contribution in [0.5, 0.6) is 11.5 Å². The highest BCUT2D eigenvalue weighted by molar-refractivity contribution is 7.99. The first-order valence-electron chi connectivity index (χ1n) is 11.4. The zero-order valence-electron chi connectivity index (χ0n) is 18.7. The van der Waals surface area contributed by atoms with Crippen LogP contribution in [0.1, 0.15) is 25.1 Å². The molecule has 10 heteroatoms. The number of anilines is 1. The summed E-state index contributed by atoms with van der Waals surface area (Å²) < 4.78 is 26.6. The minimum Gasteiger partial charge on any atom is -0.486 e. The van der Waals surface area contributed by atoms with Crippen molar-refractivity contribution < 1.29 is 18.7 Å². The lowest BCUT2D eigenvalue weighted by Crippen LogP contribution is -2.30. The molecule has 0 unspecified atom stereocenters. The van der Waals surface area contributed by atoms with Crippen LogP contribution in [-0.4, -0.2) is 57.6 Å². The van der Waals surface area contributed by atoms with E-state index >= 15 is 0 Å². The number of aromatic nitrogens is 3. The van der Waals surface area contributed by atoms with E-state index < -0.39 is 0 Å². The Bertz CT molecular complexity index is 1150. The second-order valence-corrected chi connectivity index (χ2v) is 9.19. The van der Waals surface area contributed by atoms with Crippen LogP contribution in [0, 0.1) is 5.82 Å². The summed E-state index contributed by atoms with van der Waals surface area (Å²) in [5.41, 5.74) is 1.41. The van der Waals surface area contributed by atoms with Crippen LogP contribution < -0.4 is 14.8 Å². The molecule has 1 N–H and O–H groups in total. The van der Waals surface area contributed by atoms with E-state index in [0.717, 1.165) is 24.6 Å². The van der Waals surface area contributed by atoms with Gasteiger partial charge in [-0.15, -0.1) is 10.2 Å². The first kappa shape index (κ1) is 22.7. The van der Waals surface area contributed by atoms with Crippen molar-refractivity contribution in [2.75, 3.05) is 37.4 Å². The Balaban J connectivity index is 1.29. The van der Waals surface area contributed by atoms with E-state index in [9.17, 15) is 9.18 Å². The highest BCUT2D eigenvalue weighted by Gasteiger charge is 2.20. The van der Waals surface area contributed by atoms with E-state index in [1.807, 2.05) is 4.57 Å². The van der Waals surface area contributed by atoms with Crippen molar-refractivity contribution >= 4 is 23.4 Å². The van der Waals surface area contributed by atoms with Crippen LogP contribution in [0.4, 0.5) is 10.1 Å². The summed E-state index contributed by atoms with van der Waals surface area (Å²) in [5, 5.41) is 12.3. The number of thioether (sulfide) groups is 1. The van der Waals surface area contributed by atoms with Gasteiger partial charge >= 0.3 is 0 Å². The predicted molar refractivity (Wildman–Crippen MR) is 127 cm³/mol. The van der Waals surface area contributed by atoms with Crippen LogP contribution >= 0.6 is 11.8 Å². The molecule has 0 saturated carbocycles. The Morgan fingerprint density at radius 1 is 1.00 bits per heavy atom. The quantitative estimate of drug-likeness (QED) is 0.511. The molecule has 3 aromatic rings. The number of carbonyl (C=O) groups excluding carboxylic acids is 1. The number of likely N-dealkylation sites (tertiary alicyclic amines) is 1. The van der Waals surface area contributed by atoms with Gasteiger partial charge in [-0.25, -0.2) is 4.39 Å². The number of nitrogens with zero attached hydrogens (tertiary/aromatic N) is 4. The summed E-state index contributed by atoms with van der Waals surface area (Å²) in [4.78, 5) is 15.0. The predicted octanol–water partition coefficient (Wildman–Crippen LogP) is 3.89. The molecule has 2 aliphatic heterocycles. The van der Waals surface area contributed by atoms with Crippen molar-refractivity contribution in [2.24, 2.45) is 0 Å². The molecule has 34 heavy (non-hydrogen) atoms. The number of benzene rings is 2. The van der Waals surface area contributed by atoms with Crippen LogP contribution in [0.3, 0.4) is 0 Å². The molecule has 0 atom stereocenters. The zero-order chi connectivity index (χ0) is 23.3. The van der Waals surface area contributed by atoms with Crippen molar-refractivity contribution in [3.63, 3.8) is 0 Å². The topological polar surface area (TPSA) is 81.5 Å². The lowest BCUT2D eigenvalue weighted by atomic mass is 10.1. The van der Waals surface area contributed by atoms with E-state index in [2.05, 4.69) is 20.4 Å². The molecular weight excluding hydrogens is 457 g/mol. The standard InChI is InChI=1S/C24H26FN5O3S/c25-17-4-7-19(8-5-17)30-22(15-29-10-2-1-3-11-29)27-28-24(30)34-16-23(31)26-18-6-9-20-21(14-18)33-13-12-32-20/h4-9,14H,1-3,10-13,15-16H2,(H,26,31). The molecule has 1 saturated heterocycles. The van der Waals surface area contributed by atoms with Crippen molar-refractivity contribution in [1.29, 1.82) is 0 Å². The third-order valence-electron chi connectivity index (χ3n) is 5.76. The fraction of sp³-hybridized carbons (Fsp3) is 0.375. The molecule has 1 amide bonds. The highest BCUT2D eigenvalue weighted by atomic mass is 32.2. The van der Waals surface area contributed by atoms with Crippen molar-refractivity contribution in [1.82, 2.24) is 19.7 Å². The monoisotopic (exact) mass is 483 g/mol. The van der Waals surface area contributed by atoms with Gasteiger partial charge in [-0.05, 0) is 62.3 Å². The van der Waals surface area contributed by atoms with E-state index in [1.54, 1.807) is 30.3 Å². The van der Waals surface area contributed by atoms with Crippen molar-refractivity contribution in [3.05, 3.63) is 54.1 Å². The number of rotatable bonds is 7. The molecule has 8 nitrogen and oxygen atoms in total. The normalized spacial score (nSPS) is 15.8. The number of hydrogen-bond acceptors (Lipinski definition) is 7. The summed E-state index contributed by atoms with van der Waals surface area (Å²) in [6.07, 6.45) is 3.60. The average molecular weight is 484 g/mol. The fourth-order valence-corrected chi connectivity index (χ4v) is 4.88. The van der Waals surface area contributed by atoms with Gasteiger partial charge in [0.15, 0.2) is 22.5 Å². The SMILES string of the molecule is O=C(CSc1nnc(CN2CCCCC2)n1-c1ccc(F)cc1)Nc1ccc2c(c1)OCCO2. The van der Waals surface area contributed by atoms with Crippen molar-refractivity contribution in [3.8, 4) is 17.2 Å². The van der Waals surface area contributed by atoms with Gasteiger partial charge < -0.3 is 14.8 Å². The number of fused-ring (bicyclic) bond motifs is 1. The van der Waals surface area contributed by atoms with E-state index in [-0.39, 0.29) is 17.5 Å². The van der Waals surface area contributed by atoms with Gasteiger partial charge in [-0.2, -0.15) is 0 Å². The molecule has 0 aliphatic carbocycles. The van der Waals surface area contributed by atoms with Gasteiger partial charge in [0.25, 0.3) is 0 Å². The zero-order valence-corrected chi connectivity index (χ0v) is 19.5. The second-order valence-electron chi connectivity index (χ2n) is 8.24. The number of amides is 1. The maximum absolute atomic E-state index is 13.5. The average Bonchev–Trinajstić information content (AvgIpc) is 3.26. The smallest absolute Gasteiger partial charge is 0.234 e. The van der Waals surface area contributed by atoms with Gasteiger partial charge in [0.1, 0.15) is 19.0 Å². The number of carbonyl (C=O) groups is 1. The van der Waals surface area contributed by atoms with E-state index in [0.29, 0.717) is 42.1 Å². The molecule has 178 valence electrons. The minimum atomic E-state index is -0.303. The molecule has 0 radical (unpaired) electrons. The molecular formula is C24H26FN5O3S. The lowest BCUT2D eigenvalue weighted by Gasteiger charge is -2.26. The second kappa shape index (κ2) is 10.4. The summed E-state index contributed by atoms with van der Waals surface area (Å²) >= 11 is 1.29. The van der Waals surface area contributed by atoms with Crippen LogP contribution in [-0.2, 0) is 11.3 Å². The van der Waals surface area contributed by atoms with Gasteiger partial charge in [0.05, 0.1) is 12.3 Å². The molecule has 0 spiro atoms. The van der Waals surface area contributed by atoms with Crippen LogP contribution in [0.2, 0.25) is 0 Å². The lowest BCUT2D eigenvalue weighted by molar-refractivity contribution is -0.113. The number of halogens is 1. The van der Waals surface area contributed by atoms with Crippen LogP contribution in [0.15, 0.2) is 47.6 Å². The van der Waals surface area contributed by atoms with Gasteiger partial charge in [-0.1, -0.05) is 18.2 Å². The molecule has 1 fully saturated rings. The number of piperidine rings is 1. The summed E-state index contributed by atoms with van der Waals surface area (Å²) in [6.45, 7) is 3.71. The van der Waals surface area contributed by atoms with E-state index in [4.69, 9.17) is 9.47 Å². The molecule has 1 aromatic heterocycles. The Hall–Kier alpha value is -3.11. The molecule has 0 bridgehead atoms. The summed E-state index contributed by atoms with van der Waals surface area (Å²) in [5.74, 6) is 1.75. The van der Waals surface area contributed by atoms with Gasteiger partial charge in [-0.3, -0.25) is 14.3 Å². The maximum Gasteiger partial charge on any atom is 0.234 e. The Kier molecular flexibility index (Phi) is 6.96. The Morgan fingerprint density at radius 3 is 2.56 bits per heavy atom. The third kappa shape index (κ3) is 5.34. The first-order chi connectivity index (χ1) is 16.7. The number of nitrogens with one attached hydrogen (secondary N) is 1. The van der Waals surface area contributed by atoms with Gasteiger partial charge in [0, 0.05) is 17.4 Å².